The molecular weight excluding hydrogens is 366 g/mol. The van der Waals surface area contributed by atoms with E-state index in [0.29, 0.717) is 11.7 Å². The van der Waals surface area contributed by atoms with Crippen LogP contribution in [0.4, 0.5) is 0 Å². The van der Waals surface area contributed by atoms with Crippen LogP contribution < -0.4 is 0 Å². The Bertz CT molecular complexity index is 744. The Labute approximate surface area is 173 Å². The van der Waals surface area contributed by atoms with Gasteiger partial charge in [-0.05, 0) is 56.5 Å². The molecule has 28 heavy (non-hydrogen) atoms. The molecule has 0 saturated carbocycles. The lowest BCUT2D eigenvalue weighted by atomic mass is 10.2. The number of carbonyl (C=O) groups excluding carboxylic acids is 1. The van der Waals surface area contributed by atoms with Crippen molar-refractivity contribution in [2.75, 3.05) is 26.2 Å². The molecule has 0 radical (unpaired) electrons. The predicted molar refractivity (Wildman–Crippen MR) is 117 cm³/mol. The van der Waals surface area contributed by atoms with E-state index in [1.165, 1.54) is 31.5 Å². The summed E-state index contributed by atoms with van der Waals surface area (Å²) in [4.78, 5) is 23.1. The van der Waals surface area contributed by atoms with E-state index in [1.807, 2.05) is 24.4 Å². The Balaban J connectivity index is 0.00000225. The Kier molecular flexibility index (Phi) is 7.51. The smallest absolute Gasteiger partial charge is 0.272 e. The van der Waals surface area contributed by atoms with Gasteiger partial charge in [0.1, 0.15) is 5.69 Å². The van der Waals surface area contributed by atoms with Gasteiger partial charge in [-0.15, -0.1) is 11.8 Å². The van der Waals surface area contributed by atoms with Gasteiger partial charge >= 0.3 is 0 Å². The highest BCUT2D eigenvalue weighted by Gasteiger charge is 2.31. The van der Waals surface area contributed by atoms with E-state index in [4.69, 9.17) is 0 Å². The van der Waals surface area contributed by atoms with Crippen LogP contribution in [0.15, 0.2) is 53.6 Å². The summed E-state index contributed by atoms with van der Waals surface area (Å²) >= 11 is 1.75. The molecule has 1 atom stereocenters. The van der Waals surface area contributed by atoms with Gasteiger partial charge in [-0.25, -0.2) is 4.98 Å². The summed E-state index contributed by atoms with van der Waals surface area (Å²) < 4.78 is 0. The second-order valence-electron chi connectivity index (χ2n) is 7.46. The maximum Gasteiger partial charge on any atom is 0.272 e. The van der Waals surface area contributed by atoms with Gasteiger partial charge in [-0.3, -0.25) is 4.79 Å². The number of likely N-dealkylation sites (tertiary alicyclic amines) is 2. The van der Waals surface area contributed by atoms with Crippen LogP contribution in [0.2, 0.25) is 0 Å². The van der Waals surface area contributed by atoms with Crippen LogP contribution in [0, 0.1) is 0 Å². The fourth-order valence-corrected chi connectivity index (χ4v) is 4.85. The SMILES string of the molecule is C.O=C(c1ccc(SCc2ccccc2)cn1)N1CCC[C@H]1CN1CCCC1. The number of rotatable bonds is 6. The van der Waals surface area contributed by atoms with Crippen molar-refractivity contribution in [2.45, 2.75) is 49.8 Å². The van der Waals surface area contributed by atoms with Crippen LogP contribution in [0.5, 0.6) is 0 Å². The minimum atomic E-state index is 0. The summed E-state index contributed by atoms with van der Waals surface area (Å²) in [6, 6.07) is 14.7. The molecule has 4 rings (SSSR count). The molecule has 2 aromatic rings. The summed E-state index contributed by atoms with van der Waals surface area (Å²) in [7, 11) is 0. The minimum Gasteiger partial charge on any atom is -0.333 e. The number of hydrogen-bond acceptors (Lipinski definition) is 4. The zero-order valence-corrected chi connectivity index (χ0v) is 16.5. The van der Waals surface area contributed by atoms with Gasteiger partial charge in [0.2, 0.25) is 0 Å². The topological polar surface area (TPSA) is 36.4 Å². The molecule has 2 fully saturated rings. The third-order valence-electron chi connectivity index (χ3n) is 5.51. The molecule has 3 heterocycles. The predicted octanol–water partition coefficient (Wildman–Crippen LogP) is 4.71. The number of amides is 1. The quantitative estimate of drug-likeness (QED) is 0.662. The van der Waals surface area contributed by atoms with Crippen molar-refractivity contribution in [2.24, 2.45) is 0 Å². The molecule has 2 saturated heterocycles. The number of benzene rings is 1. The molecule has 2 aliphatic rings. The summed E-state index contributed by atoms with van der Waals surface area (Å²) in [5, 5.41) is 0. The maximum atomic E-state index is 13.0. The largest absolute Gasteiger partial charge is 0.333 e. The molecule has 0 unspecified atom stereocenters. The first kappa shape index (κ1) is 20.9. The van der Waals surface area contributed by atoms with Crippen LogP contribution in [-0.2, 0) is 5.75 Å². The number of pyridine rings is 1. The number of thioether (sulfide) groups is 1. The van der Waals surface area contributed by atoms with E-state index in [0.717, 1.165) is 36.6 Å². The van der Waals surface area contributed by atoms with Crippen LogP contribution in [0.3, 0.4) is 0 Å². The minimum absolute atomic E-state index is 0. The van der Waals surface area contributed by atoms with Crippen molar-refractivity contribution in [1.82, 2.24) is 14.8 Å². The average molecular weight is 398 g/mol. The van der Waals surface area contributed by atoms with Crippen LogP contribution in [-0.4, -0.2) is 52.9 Å². The zero-order chi connectivity index (χ0) is 18.5. The highest BCUT2D eigenvalue weighted by Crippen LogP contribution is 2.24. The molecule has 150 valence electrons. The van der Waals surface area contributed by atoms with Crippen molar-refractivity contribution in [1.29, 1.82) is 0 Å². The molecule has 1 aromatic carbocycles. The molecule has 5 heteroatoms. The van der Waals surface area contributed by atoms with Gasteiger partial charge in [-0.1, -0.05) is 37.8 Å². The fraction of sp³-hybridized carbons (Fsp3) is 0.478. The Morgan fingerprint density at radius 3 is 2.54 bits per heavy atom. The lowest BCUT2D eigenvalue weighted by molar-refractivity contribution is 0.0702. The normalized spacial score (nSPS) is 19.6. The van der Waals surface area contributed by atoms with Gasteiger partial charge in [0.15, 0.2) is 0 Å². The van der Waals surface area contributed by atoms with E-state index in [2.05, 4.69) is 39.0 Å². The van der Waals surface area contributed by atoms with Gasteiger partial charge in [0.05, 0.1) is 0 Å². The lowest BCUT2D eigenvalue weighted by Gasteiger charge is -2.28. The Hall–Kier alpha value is -1.85. The first-order valence-electron chi connectivity index (χ1n) is 9.96. The summed E-state index contributed by atoms with van der Waals surface area (Å²) in [5.74, 6) is 1.01. The zero-order valence-electron chi connectivity index (χ0n) is 15.7. The van der Waals surface area contributed by atoms with Crippen LogP contribution >= 0.6 is 11.8 Å². The first-order chi connectivity index (χ1) is 13.3. The lowest BCUT2D eigenvalue weighted by Crippen LogP contribution is -2.42. The number of aromatic nitrogens is 1. The molecule has 0 bridgehead atoms. The molecule has 2 aliphatic heterocycles. The average Bonchev–Trinajstić information content (AvgIpc) is 3.40. The summed E-state index contributed by atoms with van der Waals surface area (Å²) in [5.41, 5.74) is 1.87. The fourth-order valence-electron chi connectivity index (χ4n) is 4.04. The molecule has 0 N–H and O–H groups in total. The molecule has 0 aliphatic carbocycles. The monoisotopic (exact) mass is 397 g/mol. The standard InChI is InChI=1S/C22H27N3OS.CH4/c26-22(25-14-6-9-19(25)16-24-12-4-5-13-24)21-11-10-20(15-23-21)27-17-18-7-2-1-3-8-18;/h1-3,7-8,10-11,15,19H,4-6,9,12-14,16-17H2;1H4/t19-;/m0./s1. The maximum absolute atomic E-state index is 13.0. The van der Waals surface area contributed by atoms with Gasteiger partial charge in [-0.2, -0.15) is 0 Å². The van der Waals surface area contributed by atoms with Crippen LogP contribution in [0.25, 0.3) is 0 Å². The molecule has 1 aromatic heterocycles. The number of hydrogen-bond donors (Lipinski definition) is 0. The van der Waals surface area contributed by atoms with Crippen molar-refractivity contribution >= 4 is 17.7 Å². The second kappa shape index (κ2) is 10.1. The Morgan fingerprint density at radius 2 is 1.82 bits per heavy atom. The third-order valence-corrected chi connectivity index (χ3v) is 6.56. The molecule has 1 amide bonds. The highest BCUT2D eigenvalue weighted by atomic mass is 32.2. The van der Waals surface area contributed by atoms with Crippen molar-refractivity contribution in [3.05, 3.63) is 59.9 Å². The molecular formula is C23H31N3OS. The van der Waals surface area contributed by atoms with E-state index < -0.39 is 0 Å². The van der Waals surface area contributed by atoms with E-state index in [9.17, 15) is 4.79 Å². The summed E-state index contributed by atoms with van der Waals surface area (Å²) in [6.45, 7) is 4.26. The van der Waals surface area contributed by atoms with Crippen molar-refractivity contribution in [3.63, 3.8) is 0 Å². The van der Waals surface area contributed by atoms with E-state index >= 15 is 0 Å². The van der Waals surface area contributed by atoms with Gasteiger partial charge < -0.3 is 9.80 Å². The summed E-state index contributed by atoms with van der Waals surface area (Å²) in [6.07, 6.45) is 6.66. The second-order valence-corrected chi connectivity index (χ2v) is 8.50. The Morgan fingerprint density at radius 1 is 1.04 bits per heavy atom. The highest BCUT2D eigenvalue weighted by molar-refractivity contribution is 7.98. The van der Waals surface area contributed by atoms with Crippen LogP contribution in [0.1, 0.15) is 49.2 Å². The van der Waals surface area contributed by atoms with E-state index in [-0.39, 0.29) is 13.3 Å². The third kappa shape index (κ3) is 5.15. The molecule has 0 spiro atoms. The molecule has 4 nitrogen and oxygen atoms in total. The first-order valence-corrected chi connectivity index (χ1v) is 10.9. The van der Waals surface area contributed by atoms with E-state index in [1.54, 1.807) is 11.8 Å². The number of carbonyl (C=O) groups is 1. The number of nitrogens with zero attached hydrogens (tertiary/aromatic N) is 3. The van der Waals surface area contributed by atoms with Gasteiger partial charge in [0.25, 0.3) is 5.91 Å². The van der Waals surface area contributed by atoms with Crippen molar-refractivity contribution in [3.8, 4) is 0 Å². The van der Waals surface area contributed by atoms with Crippen molar-refractivity contribution < 1.29 is 4.79 Å². The van der Waals surface area contributed by atoms with Gasteiger partial charge in [0, 0.05) is 36.0 Å².